The highest BCUT2D eigenvalue weighted by Crippen LogP contribution is 2.42. The number of nitrogens with one attached hydrogen (secondary N) is 2. The van der Waals surface area contributed by atoms with Gasteiger partial charge in [0.05, 0.1) is 6.07 Å². The van der Waals surface area contributed by atoms with E-state index < -0.39 is 59.8 Å². The van der Waals surface area contributed by atoms with Crippen molar-refractivity contribution in [2.75, 3.05) is 6.54 Å². The first-order chi connectivity index (χ1) is 16.3. The van der Waals surface area contributed by atoms with E-state index in [2.05, 4.69) is 10.6 Å². The largest absolute Gasteiger partial charge is 0.421 e. The number of nitrogens with zero attached hydrogens (tertiary/aromatic N) is 1. The smallest absolute Gasteiger partial charge is 0.376 e. The molecule has 0 bridgehead atoms. The summed E-state index contributed by atoms with van der Waals surface area (Å²) >= 11 is 5.73. The molecular weight excluding hydrogens is 487 g/mol. The van der Waals surface area contributed by atoms with Crippen molar-refractivity contribution in [1.82, 2.24) is 10.6 Å². The van der Waals surface area contributed by atoms with E-state index in [4.69, 9.17) is 11.6 Å². The summed E-state index contributed by atoms with van der Waals surface area (Å²) in [5.74, 6) is -3.31. The minimum atomic E-state index is -5.15. The average Bonchev–Trinajstić information content (AvgIpc) is 3.16. The molecular formula is C24H29ClF3N3O4. The number of hydrogen-bond donors (Lipinski definition) is 3. The molecule has 0 aromatic heterocycles. The molecule has 4 atom stereocenters. The number of ketones is 1. The molecule has 1 aliphatic heterocycles. The van der Waals surface area contributed by atoms with Crippen molar-refractivity contribution in [2.24, 2.45) is 17.8 Å². The molecule has 35 heavy (non-hydrogen) atoms. The summed E-state index contributed by atoms with van der Waals surface area (Å²) in [7, 11) is 0. The summed E-state index contributed by atoms with van der Waals surface area (Å²) in [6.45, 7) is 4.06. The standard InChI is InChI=1S/C24H29ClF3N3O4/c1-14(2)9-16(22(34)31-19(13-29)10-15-7-8-30-21(15)33)11-20(32)12-23(35,24(26,27)28)17-3-5-18(25)6-4-17/h3-6,14-16,19,35H,7-12H2,1-2H3,(H,30,33)(H,31,34). The molecule has 0 spiro atoms. The lowest BCUT2D eigenvalue weighted by Gasteiger charge is -2.31. The summed E-state index contributed by atoms with van der Waals surface area (Å²) in [6.07, 6.45) is -6.16. The zero-order valence-corrected chi connectivity index (χ0v) is 20.2. The topological polar surface area (TPSA) is 119 Å². The lowest BCUT2D eigenvalue weighted by molar-refractivity contribution is -0.267. The van der Waals surface area contributed by atoms with Crippen LogP contribution >= 0.6 is 11.6 Å². The third-order valence-electron chi connectivity index (χ3n) is 6.00. The molecule has 11 heteroatoms. The highest BCUT2D eigenvalue weighted by molar-refractivity contribution is 6.30. The fourth-order valence-electron chi connectivity index (χ4n) is 4.16. The van der Waals surface area contributed by atoms with E-state index in [1.165, 1.54) is 12.1 Å². The second kappa shape index (κ2) is 11.9. The Labute approximate surface area is 207 Å². The second-order valence-electron chi connectivity index (χ2n) is 9.31. The van der Waals surface area contributed by atoms with Crippen LogP contribution in [-0.4, -0.2) is 41.5 Å². The highest BCUT2D eigenvalue weighted by Gasteiger charge is 2.56. The van der Waals surface area contributed by atoms with E-state index in [0.717, 1.165) is 12.1 Å². The minimum absolute atomic E-state index is 0.0718. The summed E-state index contributed by atoms with van der Waals surface area (Å²) in [5.41, 5.74) is -3.98. The number of aliphatic hydroxyl groups is 1. The number of hydrogen-bond acceptors (Lipinski definition) is 5. The van der Waals surface area contributed by atoms with Crippen LogP contribution in [0.3, 0.4) is 0 Å². The van der Waals surface area contributed by atoms with Crippen molar-refractivity contribution in [2.45, 2.75) is 63.8 Å². The second-order valence-corrected chi connectivity index (χ2v) is 9.75. The SMILES string of the molecule is CC(C)CC(CC(=O)CC(O)(c1ccc(Cl)cc1)C(F)(F)F)C(=O)NC(C#N)CC1CCNC1=O. The van der Waals surface area contributed by atoms with Crippen molar-refractivity contribution in [1.29, 1.82) is 5.26 Å². The van der Waals surface area contributed by atoms with Crippen LogP contribution in [0, 0.1) is 29.1 Å². The van der Waals surface area contributed by atoms with Crippen molar-refractivity contribution >= 4 is 29.2 Å². The molecule has 4 unspecified atom stereocenters. The Morgan fingerprint density at radius 3 is 2.40 bits per heavy atom. The summed E-state index contributed by atoms with van der Waals surface area (Å²) in [6, 6.07) is 5.30. The summed E-state index contributed by atoms with van der Waals surface area (Å²) in [4.78, 5) is 37.4. The van der Waals surface area contributed by atoms with Gasteiger partial charge in [-0.25, -0.2) is 0 Å². The van der Waals surface area contributed by atoms with Gasteiger partial charge in [-0.2, -0.15) is 18.4 Å². The van der Waals surface area contributed by atoms with Crippen LogP contribution in [0.25, 0.3) is 0 Å². The van der Waals surface area contributed by atoms with Crippen LogP contribution in [0.1, 0.15) is 51.5 Å². The van der Waals surface area contributed by atoms with E-state index in [0.29, 0.717) is 13.0 Å². The molecule has 1 fully saturated rings. The Balaban J connectivity index is 2.15. The fourth-order valence-corrected chi connectivity index (χ4v) is 4.29. The fraction of sp³-hybridized carbons (Fsp3) is 0.583. The molecule has 0 aliphatic carbocycles. The molecule has 1 aromatic rings. The van der Waals surface area contributed by atoms with E-state index in [-0.39, 0.29) is 29.7 Å². The predicted octanol–water partition coefficient (Wildman–Crippen LogP) is 3.64. The molecule has 7 nitrogen and oxygen atoms in total. The zero-order valence-electron chi connectivity index (χ0n) is 19.5. The Kier molecular flexibility index (Phi) is 9.69. The Morgan fingerprint density at radius 1 is 1.29 bits per heavy atom. The van der Waals surface area contributed by atoms with Gasteiger partial charge in [-0.1, -0.05) is 37.6 Å². The van der Waals surface area contributed by atoms with Crippen LogP contribution in [-0.2, 0) is 20.0 Å². The molecule has 1 heterocycles. The molecule has 3 N–H and O–H groups in total. The first-order valence-electron chi connectivity index (χ1n) is 11.3. The lowest BCUT2D eigenvalue weighted by atomic mass is 9.84. The van der Waals surface area contributed by atoms with Gasteiger partial charge in [0.15, 0.2) is 5.60 Å². The molecule has 2 rings (SSSR count). The quantitative estimate of drug-likeness (QED) is 0.416. The molecule has 1 aromatic carbocycles. The molecule has 192 valence electrons. The van der Waals surface area contributed by atoms with Gasteiger partial charge < -0.3 is 15.7 Å². The maximum Gasteiger partial charge on any atom is 0.421 e. The third-order valence-corrected chi connectivity index (χ3v) is 6.25. The van der Waals surface area contributed by atoms with Crippen molar-refractivity contribution in [3.8, 4) is 6.07 Å². The van der Waals surface area contributed by atoms with Crippen LogP contribution in [0.15, 0.2) is 24.3 Å². The minimum Gasteiger partial charge on any atom is -0.376 e. The van der Waals surface area contributed by atoms with Gasteiger partial charge in [0.25, 0.3) is 0 Å². The summed E-state index contributed by atoms with van der Waals surface area (Å²) in [5, 5.41) is 25.3. The molecule has 1 saturated heterocycles. The number of carbonyl (C=O) groups is 3. The van der Waals surface area contributed by atoms with E-state index in [1.54, 1.807) is 13.8 Å². The number of rotatable bonds is 11. The molecule has 1 aliphatic rings. The van der Waals surface area contributed by atoms with Gasteiger partial charge in [0, 0.05) is 36.2 Å². The number of halogens is 4. The van der Waals surface area contributed by atoms with Gasteiger partial charge in [-0.05, 0) is 42.9 Å². The Hall–Kier alpha value is -2.64. The van der Waals surface area contributed by atoms with Crippen LogP contribution in [0.4, 0.5) is 13.2 Å². The number of carbonyl (C=O) groups excluding carboxylic acids is 3. The number of Topliss-reactive ketones (excluding diaryl/α,β-unsaturated/α-hetero) is 1. The summed E-state index contributed by atoms with van der Waals surface area (Å²) < 4.78 is 41.5. The van der Waals surface area contributed by atoms with Gasteiger partial charge in [0.1, 0.15) is 11.8 Å². The Bertz CT molecular complexity index is 962. The number of amides is 2. The average molecular weight is 516 g/mol. The van der Waals surface area contributed by atoms with Crippen molar-refractivity contribution < 1.29 is 32.7 Å². The molecule has 0 radical (unpaired) electrons. The van der Waals surface area contributed by atoms with E-state index in [9.17, 15) is 37.9 Å². The lowest BCUT2D eigenvalue weighted by Crippen LogP contribution is -2.45. The van der Waals surface area contributed by atoms with Gasteiger partial charge in [0.2, 0.25) is 11.8 Å². The number of alkyl halides is 3. The van der Waals surface area contributed by atoms with Crippen molar-refractivity contribution in [3.05, 3.63) is 34.9 Å². The van der Waals surface area contributed by atoms with Crippen molar-refractivity contribution in [3.63, 3.8) is 0 Å². The maximum absolute atomic E-state index is 13.8. The van der Waals surface area contributed by atoms with Crippen LogP contribution in [0.5, 0.6) is 0 Å². The monoisotopic (exact) mass is 515 g/mol. The zero-order chi connectivity index (χ0) is 26.4. The number of benzene rings is 1. The molecule has 0 saturated carbocycles. The third kappa shape index (κ3) is 7.67. The number of nitriles is 1. The first-order valence-corrected chi connectivity index (χ1v) is 11.7. The molecule has 2 amide bonds. The van der Waals surface area contributed by atoms with Crippen LogP contribution < -0.4 is 10.6 Å². The normalized spacial score (nSPS) is 19.4. The predicted molar refractivity (Wildman–Crippen MR) is 122 cm³/mol. The van der Waals surface area contributed by atoms with Gasteiger partial charge in [-0.3, -0.25) is 14.4 Å². The Morgan fingerprint density at radius 2 is 1.91 bits per heavy atom. The van der Waals surface area contributed by atoms with Gasteiger partial charge >= 0.3 is 6.18 Å². The highest BCUT2D eigenvalue weighted by atomic mass is 35.5. The van der Waals surface area contributed by atoms with E-state index in [1.807, 2.05) is 6.07 Å². The van der Waals surface area contributed by atoms with Gasteiger partial charge in [-0.15, -0.1) is 0 Å². The first kappa shape index (κ1) is 28.6. The maximum atomic E-state index is 13.8. The van der Waals surface area contributed by atoms with E-state index >= 15 is 0 Å². The van der Waals surface area contributed by atoms with Crippen LogP contribution in [0.2, 0.25) is 5.02 Å².